The van der Waals surface area contributed by atoms with E-state index in [0.29, 0.717) is 29.4 Å². The summed E-state index contributed by atoms with van der Waals surface area (Å²) in [7, 11) is 0. The average Bonchev–Trinajstić information content (AvgIpc) is 3.09. The van der Waals surface area contributed by atoms with Crippen LogP contribution in [0.2, 0.25) is 0 Å². The number of aliphatic hydroxyl groups excluding tert-OH is 1. The van der Waals surface area contributed by atoms with Gasteiger partial charge in [-0.05, 0) is 18.6 Å². The number of H-pyrrole nitrogens is 1. The zero-order chi connectivity index (χ0) is 18.4. The molecule has 0 amide bonds. The van der Waals surface area contributed by atoms with Crippen molar-refractivity contribution in [1.29, 1.82) is 0 Å². The molecule has 6 nitrogen and oxygen atoms in total. The minimum absolute atomic E-state index is 0.155. The molecule has 1 heterocycles. The molecule has 2 N–H and O–H groups in total. The van der Waals surface area contributed by atoms with Crippen molar-refractivity contribution >= 4 is 28.3 Å². The molecule has 0 aliphatic heterocycles. The number of hydrogen-bond acceptors (Lipinski definition) is 5. The summed E-state index contributed by atoms with van der Waals surface area (Å²) in [5, 5.41) is 17.2. The Morgan fingerprint density at radius 3 is 2.46 bits per heavy atom. The number of carbonyl (C=O) groups excluding carboxylic acids is 3. The Morgan fingerprint density at radius 1 is 1.08 bits per heavy atom. The van der Waals surface area contributed by atoms with Gasteiger partial charge in [0.2, 0.25) is 5.78 Å². The second kappa shape index (κ2) is 6.00. The number of nitrogens with zero attached hydrogens (tertiary/aromatic N) is 1. The highest BCUT2D eigenvalue weighted by molar-refractivity contribution is 6.32. The molecule has 1 aromatic heterocycles. The number of benzene rings is 2. The summed E-state index contributed by atoms with van der Waals surface area (Å²) in [5.74, 6) is -0.997. The van der Waals surface area contributed by atoms with Gasteiger partial charge in [-0.1, -0.05) is 37.6 Å². The topological polar surface area (TPSA) is 100 Å². The van der Waals surface area contributed by atoms with Gasteiger partial charge in [-0.3, -0.25) is 19.5 Å². The molecule has 0 bridgehead atoms. The highest BCUT2D eigenvalue weighted by Crippen LogP contribution is 2.32. The lowest BCUT2D eigenvalue weighted by Crippen LogP contribution is -2.22. The fourth-order valence-corrected chi connectivity index (χ4v) is 3.42. The maximum Gasteiger partial charge on any atom is 0.209 e. The third-order valence-corrected chi connectivity index (χ3v) is 4.73. The Kier molecular flexibility index (Phi) is 3.77. The molecule has 1 aliphatic carbocycles. The zero-order valence-electron chi connectivity index (χ0n) is 14.1. The van der Waals surface area contributed by atoms with E-state index in [9.17, 15) is 19.5 Å². The first kappa shape index (κ1) is 16.4. The first-order valence-corrected chi connectivity index (χ1v) is 8.46. The van der Waals surface area contributed by atoms with Gasteiger partial charge in [-0.25, -0.2) is 0 Å². The van der Waals surface area contributed by atoms with Crippen LogP contribution >= 0.6 is 0 Å². The molecule has 1 aliphatic rings. The molecule has 3 aromatic rings. The first-order valence-electron chi connectivity index (χ1n) is 8.46. The van der Waals surface area contributed by atoms with Crippen molar-refractivity contribution in [2.75, 3.05) is 0 Å². The number of fused-ring (bicyclic) bond motifs is 4. The van der Waals surface area contributed by atoms with Crippen molar-refractivity contribution in [3.8, 4) is 0 Å². The molecule has 2 aromatic carbocycles. The summed E-state index contributed by atoms with van der Waals surface area (Å²) in [6.07, 6.45) is -0.120. The summed E-state index contributed by atoms with van der Waals surface area (Å²) in [4.78, 5) is 38.1. The van der Waals surface area contributed by atoms with Crippen LogP contribution in [-0.4, -0.2) is 38.8 Å². The summed E-state index contributed by atoms with van der Waals surface area (Å²) in [6, 6.07) is 9.81. The van der Waals surface area contributed by atoms with Crippen molar-refractivity contribution in [3.63, 3.8) is 0 Å². The lowest BCUT2D eigenvalue weighted by Gasteiger charge is -2.17. The van der Waals surface area contributed by atoms with Crippen LogP contribution in [0.3, 0.4) is 0 Å². The summed E-state index contributed by atoms with van der Waals surface area (Å²) in [5.41, 5.74) is 1.62. The van der Waals surface area contributed by atoms with E-state index in [-0.39, 0.29) is 33.9 Å². The minimum atomic E-state index is -1.13. The molecule has 4 rings (SSSR count). The SMILES string of the molecule is CCCC(O)C(=O)c1[nH]nc2c3c(ccc12)C(=O)c1ccccc1C3=O. The largest absolute Gasteiger partial charge is 0.385 e. The van der Waals surface area contributed by atoms with E-state index in [1.807, 2.05) is 6.92 Å². The molecule has 0 fully saturated rings. The number of carbonyl (C=O) groups is 3. The van der Waals surface area contributed by atoms with Crippen LogP contribution in [0.5, 0.6) is 0 Å². The zero-order valence-corrected chi connectivity index (χ0v) is 14.1. The van der Waals surface area contributed by atoms with Gasteiger partial charge in [0, 0.05) is 22.1 Å². The summed E-state index contributed by atoms with van der Waals surface area (Å²) in [6.45, 7) is 1.87. The van der Waals surface area contributed by atoms with Crippen molar-refractivity contribution in [3.05, 3.63) is 64.3 Å². The van der Waals surface area contributed by atoms with Gasteiger partial charge in [0.25, 0.3) is 0 Å². The Morgan fingerprint density at radius 2 is 1.77 bits per heavy atom. The molecule has 0 saturated carbocycles. The quantitative estimate of drug-likeness (QED) is 0.552. The third-order valence-electron chi connectivity index (χ3n) is 4.73. The Hall–Kier alpha value is -3.12. The van der Waals surface area contributed by atoms with Crippen molar-refractivity contribution in [2.24, 2.45) is 0 Å². The lowest BCUT2D eigenvalue weighted by molar-refractivity contribution is 0.0725. The lowest BCUT2D eigenvalue weighted by atomic mass is 9.83. The highest BCUT2D eigenvalue weighted by atomic mass is 16.3. The molecular weight excluding hydrogens is 332 g/mol. The molecule has 1 unspecified atom stereocenters. The number of nitrogens with one attached hydrogen (secondary N) is 1. The maximum absolute atomic E-state index is 12.9. The number of aliphatic hydroxyl groups is 1. The van der Waals surface area contributed by atoms with Crippen LogP contribution in [0.15, 0.2) is 36.4 Å². The van der Waals surface area contributed by atoms with Gasteiger partial charge in [0.05, 0.1) is 5.56 Å². The average molecular weight is 348 g/mol. The van der Waals surface area contributed by atoms with Crippen LogP contribution < -0.4 is 0 Å². The fourth-order valence-electron chi connectivity index (χ4n) is 3.42. The minimum Gasteiger partial charge on any atom is -0.385 e. The molecule has 1 atom stereocenters. The van der Waals surface area contributed by atoms with Gasteiger partial charge >= 0.3 is 0 Å². The molecule has 0 radical (unpaired) electrons. The van der Waals surface area contributed by atoms with Gasteiger partial charge in [0.1, 0.15) is 17.3 Å². The van der Waals surface area contributed by atoms with Gasteiger partial charge < -0.3 is 5.11 Å². The van der Waals surface area contributed by atoms with Crippen molar-refractivity contribution < 1.29 is 19.5 Å². The maximum atomic E-state index is 12.9. The molecular formula is C20H16N2O4. The first-order chi connectivity index (χ1) is 12.5. The number of Topliss-reactive ketones (excluding diaryl/α,β-unsaturated/α-hetero) is 1. The predicted octanol–water partition coefficient (Wildman–Crippen LogP) is 2.68. The predicted molar refractivity (Wildman–Crippen MR) is 94.6 cm³/mol. The smallest absolute Gasteiger partial charge is 0.209 e. The van der Waals surface area contributed by atoms with E-state index >= 15 is 0 Å². The van der Waals surface area contributed by atoms with Crippen molar-refractivity contribution in [1.82, 2.24) is 10.2 Å². The van der Waals surface area contributed by atoms with E-state index in [1.54, 1.807) is 36.4 Å². The van der Waals surface area contributed by atoms with E-state index in [4.69, 9.17) is 0 Å². The number of hydrogen-bond donors (Lipinski definition) is 2. The fraction of sp³-hybridized carbons (Fsp3) is 0.200. The Bertz CT molecular complexity index is 1080. The number of aromatic nitrogens is 2. The molecule has 6 heteroatoms. The second-order valence-electron chi connectivity index (χ2n) is 6.36. The number of aromatic amines is 1. The molecule has 130 valence electrons. The van der Waals surface area contributed by atoms with Crippen LogP contribution in [-0.2, 0) is 0 Å². The third kappa shape index (κ3) is 2.23. The monoisotopic (exact) mass is 348 g/mol. The van der Waals surface area contributed by atoms with Gasteiger partial charge in [-0.2, -0.15) is 5.10 Å². The second-order valence-corrected chi connectivity index (χ2v) is 6.36. The van der Waals surface area contributed by atoms with Crippen LogP contribution in [0.4, 0.5) is 0 Å². The Labute approximate surface area is 148 Å². The van der Waals surface area contributed by atoms with Crippen molar-refractivity contribution in [2.45, 2.75) is 25.9 Å². The van der Waals surface area contributed by atoms with E-state index in [2.05, 4.69) is 10.2 Å². The van der Waals surface area contributed by atoms with Crippen LogP contribution in [0.25, 0.3) is 10.9 Å². The van der Waals surface area contributed by atoms with E-state index in [1.165, 1.54) is 0 Å². The number of ketones is 3. The standard InChI is InChI=1S/C20H16N2O4/c1-2-5-14(23)20(26)17-13-9-8-12-15(16(13)21-22-17)19(25)11-7-4-3-6-10(11)18(12)24/h3-4,6-9,14,23H,2,5H2,1H3,(H,21,22). The van der Waals surface area contributed by atoms with Crippen LogP contribution in [0, 0.1) is 0 Å². The van der Waals surface area contributed by atoms with Crippen LogP contribution in [0.1, 0.15) is 62.1 Å². The summed E-state index contributed by atoms with van der Waals surface area (Å²) >= 11 is 0. The summed E-state index contributed by atoms with van der Waals surface area (Å²) < 4.78 is 0. The highest BCUT2D eigenvalue weighted by Gasteiger charge is 2.33. The van der Waals surface area contributed by atoms with Gasteiger partial charge in [-0.15, -0.1) is 0 Å². The number of rotatable bonds is 4. The molecule has 0 spiro atoms. The van der Waals surface area contributed by atoms with E-state index in [0.717, 1.165) is 0 Å². The van der Waals surface area contributed by atoms with E-state index < -0.39 is 11.9 Å². The molecule has 0 saturated heterocycles. The Balaban J connectivity index is 1.90. The van der Waals surface area contributed by atoms with Gasteiger partial charge in [0.15, 0.2) is 11.6 Å². The molecule has 26 heavy (non-hydrogen) atoms. The normalized spacial score (nSPS) is 14.2.